The van der Waals surface area contributed by atoms with Crippen molar-refractivity contribution < 1.29 is 18.0 Å². The minimum absolute atomic E-state index is 0.00911. The third-order valence-corrected chi connectivity index (χ3v) is 8.66. The molecule has 1 N–H and O–H groups in total. The average Bonchev–Trinajstić information content (AvgIpc) is 2.89. The number of amides is 2. The molecule has 0 aromatic heterocycles. The maximum atomic E-state index is 13.9. The number of rotatable bonds is 11. The molecule has 0 saturated heterocycles. The molecule has 3 aromatic rings. The van der Waals surface area contributed by atoms with Crippen molar-refractivity contribution >= 4 is 50.7 Å². The van der Waals surface area contributed by atoms with Crippen LogP contribution in [0.3, 0.4) is 0 Å². The zero-order chi connectivity index (χ0) is 28.7. The van der Waals surface area contributed by atoms with Crippen molar-refractivity contribution in [1.29, 1.82) is 0 Å². The zero-order valence-electron chi connectivity index (χ0n) is 22.4. The van der Waals surface area contributed by atoms with Crippen LogP contribution in [-0.2, 0) is 26.2 Å². The fraction of sp³-hybridized carbons (Fsp3) is 0.310. The number of carbonyl (C=O) groups is 2. The van der Waals surface area contributed by atoms with Crippen LogP contribution in [0.15, 0.2) is 77.7 Å². The normalized spacial score (nSPS) is 12.9. The van der Waals surface area contributed by atoms with Gasteiger partial charge in [-0.15, -0.1) is 0 Å². The molecular formula is C29H33Cl2N3O4S. The van der Waals surface area contributed by atoms with Crippen molar-refractivity contribution in [3.05, 3.63) is 94.0 Å². The highest BCUT2D eigenvalue weighted by Gasteiger charge is 2.32. The number of nitrogens with zero attached hydrogens (tertiary/aromatic N) is 2. The monoisotopic (exact) mass is 589 g/mol. The highest BCUT2D eigenvalue weighted by Crippen LogP contribution is 2.26. The predicted octanol–water partition coefficient (Wildman–Crippen LogP) is 5.83. The van der Waals surface area contributed by atoms with Crippen LogP contribution in [0.5, 0.6) is 0 Å². The van der Waals surface area contributed by atoms with Crippen LogP contribution >= 0.6 is 23.2 Å². The molecule has 0 aliphatic rings. The first-order chi connectivity index (χ1) is 18.4. The maximum absolute atomic E-state index is 13.9. The Labute approximate surface area is 240 Å². The first-order valence-corrected chi connectivity index (χ1v) is 14.8. The van der Waals surface area contributed by atoms with Crippen LogP contribution < -0.4 is 9.62 Å². The molecule has 0 saturated carbocycles. The lowest BCUT2D eigenvalue weighted by atomic mass is 10.1. The summed E-state index contributed by atoms with van der Waals surface area (Å²) in [7, 11) is -4.16. The van der Waals surface area contributed by atoms with Gasteiger partial charge in [-0.25, -0.2) is 8.42 Å². The second-order valence-corrected chi connectivity index (χ2v) is 12.2. The number of halogens is 2. The highest BCUT2D eigenvalue weighted by molar-refractivity contribution is 7.92. The van der Waals surface area contributed by atoms with Gasteiger partial charge < -0.3 is 10.2 Å². The van der Waals surface area contributed by atoms with E-state index in [0.717, 1.165) is 16.3 Å². The van der Waals surface area contributed by atoms with Crippen LogP contribution in [0.2, 0.25) is 10.0 Å². The van der Waals surface area contributed by atoms with Gasteiger partial charge in [0.2, 0.25) is 11.8 Å². The predicted molar refractivity (Wildman–Crippen MR) is 157 cm³/mol. The lowest BCUT2D eigenvalue weighted by Crippen LogP contribution is -2.52. The summed E-state index contributed by atoms with van der Waals surface area (Å²) in [5.74, 6) is -0.872. The molecule has 3 rings (SSSR count). The lowest BCUT2D eigenvalue weighted by molar-refractivity contribution is -0.139. The molecule has 0 aliphatic heterocycles. The van der Waals surface area contributed by atoms with E-state index in [1.807, 2.05) is 26.8 Å². The summed E-state index contributed by atoms with van der Waals surface area (Å²) in [5.41, 5.74) is 1.87. The van der Waals surface area contributed by atoms with E-state index in [-0.39, 0.29) is 23.4 Å². The van der Waals surface area contributed by atoms with Gasteiger partial charge in [-0.1, -0.05) is 54.4 Å². The first-order valence-electron chi connectivity index (χ1n) is 12.6. The van der Waals surface area contributed by atoms with E-state index in [4.69, 9.17) is 23.2 Å². The molecule has 3 aromatic carbocycles. The summed E-state index contributed by atoms with van der Waals surface area (Å²) >= 11 is 12.2. The Morgan fingerprint density at radius 3 is 2.21 bits per heavy atom. The minimum Gasteiger partial charge on any atom is -0.352 e. The highest BCUT2D eigenvalue weighted by atomic mass is 35.5. The molecule has 208 valence electrons. The van der Waals surface area contributed by atoms with Gasteiger partial charge in [0.1, 0.15) is 12.6 Å². The molecule has 10 heteroatoms. The van der Waals surface area contributed by atoms with Gasteiger partial charge in [0.15, 0.2) is 0 Å². The Kier molecular flexibility index (Phi) is 10.4. The molecule has 2 amide bonds. The van der Waals surface area contributed by atoms with Crippen molar-refractivity contribution in [2.45, 2.75) is 57.6 Å². The topological polar surface area (TPSA) is 86.8 Å². The summed E-state index contributed by atoms with van der Waals surface area (Å²) in [6.45, 7) is 6.85. The molecule has 0 heterocycles. The van der Waals surface area contributed by atoms with Gasteiger partial charge in [-0.05, 0) is 86.8 Å². The molecule has 0 aliphatic carbocycles. The fourth-order valence-electron chi connectivity index (χ4n) is 3.93. The summed E-state index contributed by atoms with van der Waals surface area (Å²) in [6, 6.07) is 18.7. The van der Waals surface area contributed by atoms with Crippen LogP contribution in [0.4, 0.5) is 5.69 Å². The van der Waals surface area contributed by atoms with Crippen molar-refractivity contribution in [2.24, 2.45) is 0 Å². The number of benzene rings is 3. The van der Waals surface area contributed by atoms with Crippen LogP contribution in [0.25, 0.3) is 0 Å². The summed E-state index contributed by atoms with van der Waals surface area (Å²) in [6.07, 6.45) is 0.723. The smallest absolute Gasteiger partial charge is 0.264 e. The number of hydrogen-bond donors (Lipinski definition) is 1. The Hall–Kier alpha value is -3.07. The summed E-state index contributed by atoms with van der Waals surface area (Å²) < 4.78 is 28.7. The van der Waals surface area contributed by atoms with E-state index in [9.17, 15) is 18.0 Å². The van der Waals surface area contributed by atoms with E-state index in [1.165, 1.54) is 29.2 Å². The molecule has 0 spiro atoms. The Bertz CT molecular complexity index is 1410. The Balaban J connectivity index is 2.03. The van der Waals surface area contributed by atoms with Gasteiger partial charge in [0, 0.05) is 22.6 Å². The van der Waals surface area contributed by atoms with Crippen LogP contribution in [0, 0.1) is 6.92 Å². The first kappa shape index (κ1) is 30.5. The van der Waals surface area contributed by atoms with E-state index < -0.39 is 28.5 Å². The van der Waals surface area contributed by atoms with Gasteiger partial charge >= 0.3 is 0 Å². The maximum Gasteiger partial charge on any atom is 0.264 e. The van der Waals surface area contributed by atoms with Gasteiger partial charge in [-0.3, -0.25) is 13.9 Å². The third-order valence-electron chi connectivity index (χ3n) is 6.38. The van der Waals surface area contributed by atoms with Crippen LogP contribution in [0.1, 0.15) is 38.3 Å². The number of hydrogen-bond acceptors (Lipinski definition) is 4. The molecule has 0 radical (unpaired) electrons. The molecule has 0 bridgehead atoms. The van der Waals surface area contributed by atoms with E-state index in [2.05, 4.69) is 5.32 Å². The second kappa shape index (κ2) is 13.3. The van der Waals surface area contributed by atoms with Gasteiger partial charge in [0.05, 0.1) is 10.6 Å². The Morgan fingerprint density at radius 2 is 1.59 bits per heavy atom. The van der Waals surface area contributed by atoms with E-state index >= 15 is 0 Å². The third kappa shape index (κ3) is 7.97. The average molecular weight is 591 g/mol. The van der Waals surface area contributed by atoms with Crippen molar-refractivity contribution in [2.75, 3.05) is 10.8 Å². The van der Waals surface area contributed by atoms with Gasteiger partial charge in [-0.2, -0.15) is 0 Å². The quantitative estimate of drug-likeness (QED) is 0.305. The van der Waals surface area contributed by atoms with Gasteiger partial charge in [0.25, 0.3) is 10.0 Å². The molecular weight excluding hydrogens is 557 g/mol. The fourth-order valence-corrected chi connectivity index (χ4v) is 5.67. The second-order valence-electron chi connectivity index (χ2n) is 9.45. The van der Waals surface area contributed by atoms with Crippen LogP contribution in [-0.4, -0.2) is 43.8 Å². The van der Waals surface area contributed by atoms with Crippen molar-refractivity contribution in [1.82, 2.24) is 10.2 Å². The molecule has 0 fully saturated rings. The number of sulfonamides is 1. The standard InChI is InChI=1S/C29H33Cl2N3O4S/c1-5-21(3)32-29(36)22(4)33(18-23-9-7-10-25(31)17-23)28(35)19-34(26-11-6-8-20(2)16-26)39(37,38)27-14-12-24(30)13-15-27/h6-17,21-22H,5,18-19H2,1-4H3,(H,32,36)/t21-,22+/m1/s1. The van der Waals surface area contributed by atoms with E-state index in [0.29, 0.717) is 21.3 Å². The number of nitrogens with one attached hydrogen (secondary N) is 1. The Morgan fingerprint density at radius 1 is 0.923 bits per heavy atom. The molecule has 2 atom stereocenters. The van der Waals surface area contributed by atoms with Crippen molar-refractivity contribution in [3.8, 4) is 0 Å². The number of aryl methyl sites for hydroxylation is 1. The molecule has 7 nitrogen and oxygen atoms in total. The molecule has 39 heavy (non-hydrogen) atoms. The molecule has 0 unspecified atom stereocenters. The SMILES string of the molecule is CC[C@@H](C)NC(=O)[C@H](C)N(Cc1cccc(Cl)c1)C(=O)CN(c1cccc(C)c1)S(=O)(=O)c1ccc(Cl)cc1. The number of carbonyl (C=O) groups excluding carboxylic acids is 2. The van der Waals surface area contributed by atoms with E-state index in [1.54, 1.807) is 49.4 Å². The number of anilines is 1. The van der Waals surface area contributed by atoms with Crippen molar-refractivity contribution in [3.63, 3.8) is 0 Å². The lowest BCUT2D eigenvalue weighted by Gasteiger charge is -2.32. The summed E-state index contributed by atoms with van der Waals surface area (Å²) in [5, 5.41) is 3.79. The summed E-state index contributed by atoms with van der Waals surface area (Å²) in [4.78, 5) is 28.4. The zero-order valence-corrected chi connectivity index (χ0v) is 24.7. The minimum atomic E-state index is -4.16. The largest absolute Gasteiger partial charge is 0.352 e.